The Morgan fingerprint density at radius 1 is 1.10 bits per heavy atom. The first-order valence-corrected chi connectivity index (χ1v) is 14.0. The van der Waals surface area contributed by atoms with Crippen LogP contribution in [0.25, 0.3) is 22.3 Å². The van der Waals surface area contributed by atoms with Gasteiger partial charge < -0.3 is 23.9 Å². The number of halogens is 3. The molecule has 5 aromatic rings. The number of hydrogen-bond acceptors (Lipinski definition) is 8. The number of hydrogen-bond donors (Lipinski definition) is 1. The van der Waals surface area contributed by atoms with Gasteiger partial charge in [0.1, 0.15) is 24.1 Å². The molecule has 42 heavy (non-hydrogen) atoms. The van der Waals surface area contributed by atoms with Crippen molar-refractivity contribution in [3.05, 3.63) is 99.8 Å². The zero-order valence-corrected chi connectivity index (χ0v) is 24.1. The maximum Gasteiger partial charge on any atom is 0.214 e. The van der Waals surface area contributed by atoms with Crippen LogP contribution in [0.3, 0.4) is 0 Å². The molecule has 0 saturated carbocycles. The Balaban J connectivity index is 1.27. The monoisotopic (exact) mass is 637 g/mol. The topological polar surface area (TPSA) is 104 Å². The SMILES string of the molecule is COC(O)c1ccc2nc(Cc3cc(F)c(-c4cccc(OCc5ncc(Br)cn5)n4)cc3F)n(C[C@@H]3CCO3)c2c1. The summed E-state index contributed by atoms with van der Waals surface area (Å²) in [5, 5.41) is 10.2. The average molecular weight is 638 g/mol. The summed E-state index contributed by atoms with van der Waals surface area (Å²) in [7, 11) is 1.42. The van der Waals surface area contributed by atoms with Crippen LogP contribution in [-0.4, -0.2) is 49.4 Å². The van der Waals surface area contributed by atoms with E-state index in [0.29, 0.717) is 35.9 Å². The molecule has 6 rings (SSSR count). The first-order chi connectivity index (χ1) is 20.4. The van der Waals surface area contributed by atoms with Crippen molar-refractivity contribution < 1.29 is 28.1 Å². The number of nitrogens with zero attached hydrogens (tertiary/aromatic N) is 5. The second-order valence-electron chi connectivity index (χ2n) is 9.82. The summed E-state index contributed by atoms with van der Waals surface area (Å²) >= 11 is 3.28. The van der Waals surface area contributed by atoms with Gasteiger partial charge in [-0.25, -0.2) is 28.7 Å². The molecular formula is C30H26BrF2N5O4. The first-order valence-electron chi connectivity index (χ1n) is 13.2. The summed E-state index contributed by atoms with van der Waals surface area (Å²) in [5.41, 5.74) is 2.38. The summed E-state index contributed by atoms with van der Waals surface area (Å²) in [5.74, 6) is 0.0274. The highest BCUT2D eigenvalue weighted by molar-refractivity contribution is 9.10. The number of aromatic nitrogens is 5. The molecule has 1 N–H and O–H groups in total. The number of imidazole rings is 1. The van der Waals surface area contributed by atoms with Crippen molar-refractivity contribution in [3.8, 4) is 17.1 Å². The number of ether oxygens (including phenoxy) is 3. The Kier molecular flexibility index (Phi) is 8.20. The molecule has 216 valence electrons. The molecule has 1 aliphatic rings. The lowest BCUT2D eigenvalue weighted by Crippen LogP contribution is -2.31. The Morgan fingerprint density at radius 3 is 2.64 bits per heavy atom. The molecule has 12 heteroatoms. The molecule has 0 amide bonds. The summed E-state index contributed by atoms with van der Waals surface area (Å²) in [6.45, 7) is 1.25. The zero-order valence-electron chi connectivity index (χ0n) is 22.5. The van der Waals surface area contributed by atoms with Gasteiger partial charge in [-0.2, -0.15) is 0 Å². The summed E-state index contributed by atoms with van der Waals surface area (Å²) in [6, 6.07) is 12.5. The molecule has 1 unspecified atom stereocenters. The average Bonchev–Trinajstić information content (AvgIpc) is 3.31. The second kappa shape index (κ2) is 12.2. The van der Waals surface area contributed by atoms with E-state index < -0.39 is 17.9 Å². The second-order valence-corrected chi connectivity index (χ2v) is 10.7. The van der Waals surface area contributed by atoms with Crippen LogP contribution in [0.5, 0.6) is 5.88 Å². The van der Waals surface area contributed by atoms with Crippen LogP contribution in [0, 0.1) is 11.6 Å². The van der Waals surface area contributed by atoms with Gasteiger partial charge in [0.25, 0.3) is 0 Å². The highest BCUT2D eigenvalue weighted by Gasteiger charge is 2.24. The molecule has 2 atom stereocenters. The van der Waals surface area contributed by atoms with Gasteiger partial charge in [-0.15, -0.1) is 0 Å². The fourth-order valence-corrected chi connectivity index (χ4v) is 4.94. The van der Waals surface area contributed by atoms with Crippen molar-refractivity contribution in [1.29, 1.82) is 0 Å². The quantitative estimate of drug-likeness (QED) is 0.200. The maximum absolute atomic E-state index is 15.5. The van der Waals surface area contributed by atoms with E-state index in [0.717, 1.165) is 22.5 Å². The van der Waals surface area contributed by atoms with Crippen LogP contribution >= 0.6 is 15.9 Å². The first kappa shape index (κ1) is 28.3. The lowest BCUT2D eigenvalue weighted by Gasteiger charge is -2.27. The highest BCUT2D eigenvalue weighted by Crippen LogP contribution is 2.29. The maximum atomic E-state index is 15.5. The fourth-order valence-electron chi connectivity index (χ4n) is 4.74. The molecular weight excluding hydrogens is 612 g/mol. The van der Waals surface area contributed by atoms with E-state index in [4.69, 9.17) is 19.2 Å². The van der Waals surface area contributed by atoms with Crippen LogP contribution in [0.2, 0.25) is 0 Å². The van der Waals surface area contributed by atoms with E-state index >= 15 is 8.78 Å². The third-order valence-electron chi connectivity index (χ3n) is 7.05. The van der Waals surface area contributed by atoms with Gasteiger partial charge >= 0.3 is 0 Å². The van der Waals surface area contributed by atoms with Gasteiger partial charge in [-0.05, 0) is 58.2 Å². The minimum absolute atomic E-state index is 0.00277. The number of aliphatic hydroxyl groups excluding tert-OH is 1. The van der Waals surface area contributed by atoms with Gasteiger partial charge in [0.05, 0.1) is 33.8 Å². The molecule has 4 heterocycles. The number of methoxy groups -OCH3 is 1. The van der Waals surface area contributed by atoms with Crippen LogP contribution in [-0.2, 0) is 29.0 Å². The predicted octanol–water partition coefficient (Wildman–Crippen LogP) is 5.53. The minimum atomic E-state index is -1.09. The highest BCUT2D eigenvalue weighted by atomic mass is 79.9. The molecule has 9 nitrogen and oxygen atoms in total. The lowest BCUT2D eigenvalue weighted by atomic mass is 10.0. The van der Waals surface area contributed by atoms with Gasteiger partial charge in [0.2, 0.25) is 5.88 Å². The van der Waals surface area contributed by atoms with Gasteiger partial charge in [-0.3, -0.25) is 0 Å². The predicted molar refractivity (Wildman–Crippen MR) is 153 cm³/mol. The Morgan fingerprint density at radius 2 is 1.90 bits per heavy atom. The van der Waals surface area contributed by atoms with Crippen molar-refractivity contribution in [2.24, 2.45) is 0 Å². The smallest absolute Gasteiger partial charge is 0.214 e. The van der Waals surface area contributed by atoms with E-state index in [9.17, 15) is 5.11 Å². The molecule has 3 aromatic heterocycles. The summed E-state index contributed by atoms with van der Waals surface area (Å²) in [4.78, 5) is 17.4. The molecule has 0 radical (unpaired) electrons. The molecule has 1 fully saturated rings. The Bertz CT molecular complexity index is 1730. The van der Waals surface area contributed by atoms with Crippen LogP contribution in [0.4, 0.5) is 8.78 Å². The fraction of sp³-hybridized carbons (Fsp3) is 0.267. The number of benzene rings is 2. The van der Waals surface area contributed by atoms with Crippen molar-refractivity contribution in [2.45, 2.75) is 38.4 Å². The lowest BCUT2D eigenvalue weighted by molar-refractivity contribution is -0.0768. The van der Waals surface area contributed by atoms with Crippen LogP contribution in [0.15, 0.2) is 65.4 Å². The van der Waals surface area contributed by atoms with Gasteiger partial charge in [0.15, 0.2) is 12.1 Å². The molecule has 0 spiro atoms. The third-order valence-corrected chi connectivity index (χ3v) is 7.46. The molecule has 2 aromatic carbocycles. The summed E-state index contributed by atoms with van der Waals surface area (Å²) < 4.78 is 50.0. The zero-order chi connectivity index (χ0) is 29.2. The van der Waals surface area contributed by atoms with E-state index in [2.05, 4.69) is 30.9 Å². The third kappa shape index (κ3) is 6.02. The van der Waals surface area contributed by atoms with E-state index in [1.165, 1.54) is 13.2 Å². The van der Waals surface area contributed by atoms with Crippen molar-refractivity contribution in [1.82, 2.24) is 24.5 Å². The van der Waals surface area contributed by atoms with Gasteiger partial charge in [-0.1, -0.05) is 12.1 Å². The number of fused-ring (bicyclic) bond motifs is 1. The Hall–Kier alpha value is -3.84. The minimum Gasteiger partial charge on any atom is -0.469 e. The molecule has 0 aliphatic carbocycles. The van der Waals surface area contributed by atoms with Crippen LogP contribution in [0.1, 0.15) is 35.5 Å². The number of pyridine rings is 1. The normalized spacial score (nSPS) is 15.5. The Labute approximate surface area is 248 Å². The van der Waals surface area contributed by atoms with E-state index in [1.54, 1.807) is 48.8 Å². The van der Waals surface area contributed by atoms with Crippen molar-refractivity contribution >= 4 is 27.0 Å². The molecule has 1 saturated heterocycles. The number of rotatable bonds is 10. The largest absolute Gasteiger partial charge is 0.469 e. The molecule has 0 bridgehead atoms. The van der Waals surface area contributed by atoms with Crippen molar-refractivity contribution in [3.63, 3.8) is 0 Å². The molecule has 1 aliphatic heterocycles. The van der Waals surface area contributed by atoms with E-state index in [1.807, 2.05) is 4.57 Å². The van der Waals surface area contributed by atoms with Gasteiger partial charge in [0, 0.05) is 49.7 Å². The number of aliphatic hydroxyl groups is 1. The standard InChI is InChI=1S/C30H26BrF2N5O4/c1-40-30(39)17-5-6-25-26(10-17)38(15-20-7-8-41-20)28(36-25)11-18-9-23(33)21(12-22(18)32)24-3-2-4-29(37-24)42-16-27-34-13-19(31)14-35-27/h2-6,9-10,12-14,20,30,39H,7-8,11,15-16H2,1H3/t20-,30?/m0/s1. The summed E-state index contributed by atoms with van der Waals surface area (Å²) in [6.07, 6.45) is 3.06. The van der Waals surface area contributed by atoms with Crippen molar-refractivity contribution in [2.75, 3.05) is 13.7 Å². The van der Waals surface area contributed by atoms with Crippen LogP contribution < -0.4 is 4.74 Å². The van der Waals surface area contributed by atoms with E-state index in [-0.39, 0.29) is 41.8 Å².